The van der Waals surface area contributed by atoms with Crippen LogP contribution < -0.4 is 31.1 Å². The van der Waals surface area contributed by atoms with E-state index in [0.717, 1.165) is 53.3 Å². The van der Waals surface area contributed by atoms with Crippen molar-refractivity contribution in [2.45, 2.75) is 154 Å². The second kappa shape index (κ2) is 17.5. The predicted molar refractivity (Wildman–Crippen MR) is 362 cm³/mol. The predicted octanol–water partition coefficient (Wildman–Crippen LogP) is 20.4. The molecule has 16 rings (SSSR count). The second-order valence-electron chi connectivity index (χ2n) is 29.4. The molecule has 6 heteroatoms. The molecule has 0 spiro atoms. The summed E-state index contributed by atoms with van der Waals surface area (Å²) < 4.78 is 9.93. The molecule has 0 bridgehead atoms. The molecule has 84 heavy (non-hydrogen) atoms. The number of hydrogen-bond donors (Lipinski definition) is 0. The molecule has 3 aliphatic heterocycles. The minimum atomic E-state index is -0.209. The van der Waals surface area contributed by atoms with Crippen LogP contribution in [-0.4, -0.2) is 12.3 Å². The Labute approximate surface area is 501 Å². The quantitative estimate of drug-likeness (QED) is 0.164. The van der Waals surface area contributed by atoms with Crippen LogP contribution in [0, 0.1) is 0 Å². The van der Waals surface area contributed by atoms with Crippen molar-refractivity contribution < 1.29 is 4.42 Å². The third-order valence-corrected chi connectivity index (χ3v) is 22.8. The van der Waals surface area contributed by atoms with Crippen LogP contribution in [0.1, 0.15) is 149 Å². The number of benzene rings is 9. The summed E-state index contributed by atoms with van der Waals surface area (Å²) in [5.41, 5.74) is 24.8. The van der Waals surface area contributed by atoms with Crippen LogP contribution in [0.15, 0.2) is 174 Å². The molecule has 0 N–H and O–H groups in total. The summed E-state index contributed by atoms with van der Waals surface area (Å²) in [6.45, 7) is 29.3. The molecule has 0 radical (unpaired) electrons. The molecular formula is C78H76BN3OS. The molecule has 418 valence electrons. The van der Waals surface area contributed by atoms with Gasteiger partial charge in [0.1, 0.15) is 5.58 Å². The van der Waals surface area contributed by atoms with Gasteiger partial charge in [-0.1, -0.05) is 198 Å². The molecule has 2 atom stereocenters. The van der Waals surface area contributed by atoms with Gasteiger partial charge < -0.3 is 19.1 Å². The van der Waals surface area contributed by atoms with Crippen LogP contribution >= 0.6 is 11.3 Å². The standard InChI is InChI=1S/C78H76BN3OS/c1-73(2,3)48-31-34-60(55(41-48)47-23-14-13-15-24-47)80-62-36-33-54-52-26-17-19-30-68(52)84-72(54)70(62)79-59-45-56-57(76(9,10)40-39-75(56,7)8)46-64(59)81(63-28-22-27-53-51-25-16-18-29-67(51)83-71(53)63)66-44-50(43-65(80)69(66)79)82-61-35-32-49(74(4,5)6)42-58(61)77(11)37-20-21-38-78(77,82)12/h13-19,22-36,41-46H,20-21,37-40H2,1-12H3. The van der Waals surface area contributed by atoms with Gasteiger partial charge in [-0.15, -0.1) is 11.3 Å². The average molecular weight is 1110 g/mol. The Morgan fingerprint density at radius 1 is 0.464 bits per heavy atom. The van der Waals surface area contributed by atoms with Crippen molar-refractivity contribution in [1.29, 1.82) is 0 Å². The third kappa shape index (κ3) is 7.19. The van der Waals surface area contributed by atoms with Crippen LogP contribution in [0.2, 0.25) is 0 Å². The van der Waals surface area contributed by atoms with Crippen LogP contribution in [0.4, 0.5) is 45.5 Å². The first-order chi connectivity index (χ1) is 40.1. The SMILES string of the molecule is CC(C)(C)c1ccc(N2c3cc(N4c5ccc(C(C)(C)C)cc5C5(C)CCCCC45C)cc4c3B(c3cc5c(cc3N4c3cccc4c3oc3ccccc34)C(C)(C)CCC5(C)C)c3c2ccc2c3sc3ccccc32)c(-c2ccccc2)c1. The lowest BCUT2D eigenvalue weighted by molar-refractivity contribution is 0.195. The summed E-state index contributed by atoms with van der Waals surface area (Å²) in [6.07, 6.45) is 6.93. The molecule has 5 aliphatic rings. The fourth-order valence-corrected chi connectivity index (χ4v) is 17.8. The van der Waals surface area contributed by atoms with Gasteiger partial charge in [-0.2, -0.15) is 0 Å². The van der Waals surface area contributed by atoms with E-state index >= 15 is 0 Å². The molecule has 0 amide bonds. The van der Waals surface area contributed by atoms with Gasteiger partial charge in [-0.05, 0) is 170 Å². The molecular weight excluding hydrogens is 1040 g/mol. The summed E-state index contributed by atoms with van der Waals surface area (Å²) in [6, 6.07) is 66.4. The van der Waals surface area contributed by atoms with E-state index in [4.69, 9.17) is 4.42 Å². The zero-order valence-electron chi connectivity index (χ0n) is 51.1. The number of rotatable bonds is 4. The molecule has 5 heterocycles. The Morgan fingerprint density at radius 2 is 1.08 bits per heavy atom. The van der Waals surface area contributed by atoms with Crippen molar-refractivity contribution in [3.63, 3.8) is 0 Å². The highest BCUT2D eigenvalue weighted by Gasteiger charge is 2.59. The first kappa shape index (κ1) is 52.1. The molecule has 4 nitrogen and oxygen atoms in total. The number of furan rings is 1. The lowest BCUT2D eigenvalue weighted by Crippen LogP contribution is -2.62. The minimum absolute atomic E-state index is 0.0101. The maximum absolute atomic E-state index is 7.25. The highest BCUT2D eigenvalue weighted by molar-refractivity contribution is 7.28. The Bertz CT molecular complexity index is 4600. The third-order valence-electron chi connectivity index (χ3n) is 21.6. The van der Waals surface area contributed by atoms with Crippen molar-refractivity contribution >= 4 is 122 Å². The van der Waals surface area contributed by atoms with E-state index in [0.29, 0.717) is 0 Å². The lowest BCUT2D eigenvalue weighted by Gasteiger charge is -2.51. The maximum atomic E-state index is 7.25. The van der Waals surface area contributed by atoms with Crippen molar-refractivity contribution in [1.82, 2.24) is 0 Å². The summed E-state index contributed by atoms with van der Waals surface area (Å²) >= 11 is 1.97. The largest absolute Gasteiger partial charge is 0.454 e. The molecule has 2 aliphatic carbocycles. The number of thiophene rings is 1. The summed E-state index contributed by atoms with van der Waals surface area (Å²) in [5, 5.41) is 4.92. The normalized spacial score (nSPS) is 20.3. The lowest BCUT2D eigenvalue weighted by atomic mass is 9.33. The molecule has 11 aromatic rings. The van der Waals surface area contributed by atoms with E-state index in [1.807, 2.05) is 11.3 Å². The highest BCUT2D eigenvalue weighted by Crippen LogP contribution is 2.63. The number of fused-ring (bicyclic) bond motifs is 15. The van der Waals surface area contributed by atoms with E-state index in [1.165, 1.54) is 128 Å². The Balaban J connectivity index is 1.10. The summed E-state index contributed by atoms with van der Waals surface area (Å²) in [5.74, 6) is 0. The van der Waals surface area contributed by atoms with Gasteiger partial charge in [-0.25, -0.2) is 0 Å². The summed E-state index contributed by atoms with van der Waals surface area (Å²) in [4.78, 5) is 8.26. The molecule has 0 saturated heterocycles. The number of nitrogens with zero attached hydrogens (tertiary/aromatic N) is 3. The van der Waals surface area contributed by atoms with Gasteiger partial charge in [0.25, 0.3) is 6.71 Å². The van der Waals surface area contributed by atoms with Gasteiger partial charge in [0, 0.05) is 70.7 Å². The van der Waals surface area contributed by atoms with Crippen LogP contribution in [0.25, 0.3) is 53.2 Å². The molecule has 1 saturated carbocycles. The zero-order valence-corrected chi connectivity index (χ0v) is 52.0. The molecule has 1 fully saturated rings. The molecule has 2 unspecified atom stereocenters. The number of para-hydroxylation sites is 2. The van der Waals surface area contributed by atoms with Gasteiger partial charge in [-0.3, -0.25) is 0 Å². The van der Waals surface area contributed by atoms with Gasteiger partial charge in [0.05, 0.1) is 16.9 Å². The highest BCUT2D eigenvalue weighted by atomic mass is 32.1. The van der Waals surface area contributed by atoms with E-state index < -0.39 is 0 Å². The second-order valence-corrected chi connectivity index (χ2v) is 30.5. The smallest absolute Gasteiger partial charge is 0.254 e. The maximum Gasteiger partial charge on any atom is 0.254 e. The Morgan fingerprint density at radius 3 is 1.82 bits per heavy atom. The first-order valence-corrected chi connectivity index (χ1v) is 31.9. The number of anilines is 8. The Hall–Kier alpha value is -7.54. The van der Waals surface area contributed by atoms with Crippen molar-refractivity contribution in [3.05, 3.63) is 198 Å². The average Bonchev–Trinajstić information content (AvgIpc) is 1.19. The van der Waals surface area contributed by atoms with E-state index in [2.05, 4.69) is 268 Å². The van der Waals surface area contributed by atoms with E-state index in [9.17, 15) is 0 Å². The summed E-state index contributed by atoms with van der Waals surface area (Å²) in [7, 11) is 0. The van der Waals surface area contributed by atoms with Crippen molar-refractivity contribution in [3.8, 4) is 11.1 Å². The van der Waals surface area contributed by atoms with Crippen LogP contribution in [0.5, 0.6) is 0 Å². The van der Waals surface area contributed by atoms with Crippen molar-refractivity contribution in [2.24, 2.45) is 0 Å². The topological polar surface area (TPSA) is 22.9 Å². The molecule has 2 aromatic heterocycles. The molecule has 9 aromatic carbocycles. The number of hydrogen-bond acceptors (Lipinski definition) is 5. The Kier molecular flexibility index (Phi) is 10.9. The first-order valence-electron chi connectivity index (χ1n) is 31.1. The fourth-order valence-electron chi connectivity index (χ4n) is 16.5. The minimum Gasteiger partial charge on any atom is -0.454 e. The fraction of sp³-hybridized carbons (Fsp3) is 0.308. The zero-order chi connectivity index (χ0) is 57.8. The van der Waals surface area contributed by atoms with E-state index in [-0.39, 0.29) is 39.3 Å². The van der Waals surface area contributed by atoms with Crippen LogP contribution in [-0.2, 0) is 27.1 Å². The van der Waals surface area contributed by atoms with Crippen LogP contribution in [0.3, 0.4) is 0 Å². The van der Waals surface area contributed by atoms with E-state index in [1.54, 1.807) is 0 Å². The van der Waals surface area contributed by atoms with Gasteiger partial charge >= 0.3 is 0 Å². The van der Waals surface area contributed by atoms with Gasteiger partial charge in [0.15, 0.2) is 5.58 Å². The monoisotopic (exact) mass is 1110 g/mol. The van der Waals surface area contributed by atoms with Gasteiger partial charge in [0.2, 0.25) is 0 Å². The van der Waals surface area contributed by atoms with Crippen molar-refractivity contribution in [2.75, 3.05) is 14.7 Å².